The molecule has 2 aliphatic heterocycles. The standard InChI is InChI=1S/C19H27N3O2/c1-15-6-5-10-22(13-15)19(24)14-21-11-9-20-18(23)12-17(21)16-7-3-2-4-8-16/h2-4,7-8,15,17H,5-6,9-14H2,1H3,(H,20,23)/t15-,17-/m0/s1. The minimum Gasteiger partial charge on any atom is -0.355 e. The summed E-state index contributed by atoms with van der Waals surface area (Å²) in [6.07, 6.45) is 2.71. The normalized spacial score (nSPS) is 25.9. The van der Waals surface area contributed by atoms with E-state index in [0.717, 1.165) is 25.1 Å². The van der Waals surface area contributed by atoms with E-state index in [-0.39, 0.29) is 17.9 Å². The Morgan fingerprint density at radius 3 is 2.79 bits per heavy atom. The summed E-state index contributed by atoms with van der Waals surface area (Å²) in [4.78, 5) is 28.9. The fourth-order valence-corrected chi connectivity index (χ4v) is 3.75. The fraction of sp³-hybridized carbons (Fsp3) is 0.579. The average molecular weight is 329 g/mol. The van der Waals surface area contributed by atoms with Crippen molar-refractivity contribution in [2.24, 2.45) is 5.92 Å². The van der Waals surface area contributed by atoms with Gasteiger partial charge >= 0.3 is 0 Å². The van der Waals surface area contributed by atoms with Gasteiger partial charge in [0.2, 0.25) is 11.8 Å². The van der Waals surface area contributed by atoms with E-state index in [2.05, 4.69) is 17.1 Å². The number of likely N-dealkylation sites (tertiary alicyclic amines) is 1. The summed E-state index contributed by atoms with van der Waals surface area (Å²) in [6.45, 7) is 5.64. The van der Waals surface area contributed by atoms with Gasteiger partial charge in [-0.1, -0.05) is 37.3 Å². The molecule has 2 amide bonds. The Morgan fingerprint density at radius 2 is 2.04 bits per heavy atom. The second-order valence-electron chi connectivity index (χ2n) is 7.04. The van der Waals surface area contributed by atoms with Gasteiger partial charge in [0.05, 0.1) is 6.54 Å². The first kappa shape index (κ1) is 17.0. The molecule has 130 valence electrons. The highest BCUT2D eigenvalue weighted by Gasteiger charge is 2.29. The molecule has 0 spiro atoms. The number of hydrogen-bond acceptors (Lipinski definition) is 3. The largest absolute Gasteiger partial charge is 0.355 e. The Hall–Kier alpha value is -1.88. The summed E-state index contributed by atoms with van der Waals surface area (Å²) < 4.78 is 0. The van der Waals surface area contributed by atoms with Gasteiger partial charge in [0.25, 0.3) is 0 Å². The lowest BCUT2D eigenvalue weighted by Gasteiger charge is -2.34. The zero-order chi connectivity index (χ0) is 16.9. The highest BCUT2D eigenvalue weighted by molar-refractivity contribution is 5.79. The molecule has 2 fully saturated rings. The molecular formula is C19H27N3O2. The quantitative estimate of drug-likeness (QED) is 0.920. The van der Waals surface area contributed by atoms with E-state index < -0.39 is 0 Å². The first-order chi connectivity index (χ1) is 11.6. The van der Waals surface area contributed by atoms with Crippen LogP contribution >= 0.6 is 0 Å². The van der Waals surface area contributed by atoms with E-state index in [1.165, 1.54) is 6.42 Å². The van der Waals surface area contributed by atoms with Crippen molar-refractivity contribution < 1.29 is 9.59 Å². The van der Waals surface area contributed by atoms with Gasteiger partial charge in [0.15, 0.2) is 0 Å². The maximum absolute atomic E-state index is 12.8. The Morgan fingerprint density at radius 1 is 1.25 bits per heavy atom. The smallest absolute Gasteiger partial charge is 0.236 e. The minimum absolute atomic E-state index is 0.0279. The van der Waals surface area contributed by atoms with E-state index in [4.69, 9.17) is 0 Å². The van der Waals surface area contributed by atoms with Gasteiger partial charge < -0.3 is 10.2 Å². The third-order valence-electron chi connectivity index (χ3n) is 5.07. The number of amides is 2. The third-order valence-corrected chi connectivity index (χ3v) is 5.07. The van der Waals surface area contributed by atoms with Gasteiger partial charge in [-0.3, -0.25) is 14.5 Å². The van der Waals surface area contributed by atoms with Crippen LogP contribution in [0.1, 0.15) is 37.8 Å². The minimum atomic E-state index is -0.0279. The summed E-state index contributed by atoms with van der Waals surface area (Å²) in [6, 6.07) is 10.0. The van der Waals surface area contributed by atoms with Gasteiger partial charge in [0.1, 0.15) is 0 Å². The van der Waals surface area contributed by atoms with E-state index in [1.54, 1.807) is 0 Å². The topological polar surface area (TPSA) is 52.7 Å². The van der Waals surface area contributed by atoms with Crippen LogP contribution < -0.4 is 5.32 Å². The molecular weight excluding hydrogens is 302 g/mol. The number of rotatable bonds is 3. The number of nitrogens with one attached hydrogen (secondary N) is 1. The van der Waals surface area contributed by atoms with E-state index in [9.17, 15) is 9.59 Å². The molecule has 1 N–H and O–H groups in total. The molecule has 5 nitrogen and oxygen atoms in total. The van der Waals surface area contributed by atoms with Crippen molar-refractivity contribution >= 4 is 11.8 Å². The van der Waals surface area contributed by atoms with Gasteiger partial charge in [-0.15, -0.1) is 0 Å². The monoisotopic (exact) mass is 329 g/mol. The lowest BCUT2D eigenvalue weighted by Crippen LogP contribution is -2.46. The lowest BCUT2D eigenvalue weighted by molar-refractivity contribution is -0.135. The van der Waals surface area contributed by atoms with Crippen LogP contribution in [0.3, 0.4) is 0 Å². The Bertz CT molecular complexity index is 575. The van der Waals surface area contributed by atoms with E-state index in [1.807, 2.05) is 35.2 Å². The Kier molecular flexibility index (Phi) is 5.51. The maximum atomic E-state index is 12.8. The number of benzene rings is 1. The van der Waals surface area contributed by atoms with Crippen LogP contribution in [0, 0.1) is 5.92 Å². The summed E-state index contributed by atoms with van der Waals surface area (Å²) in [7, 11) is 0. The number of hydrogen-bond donors (Lipinski definition) is 1. The van der Waals surface area contributed by atoms with Crippen LogP contribution in [0.15, 0.2) is 30.3 Å². The summed E-state index contributed by atoms with van der Waals surface area (Å²) in [5.41, 5.74) is 1.11. The molecule has 1 aromatic carbocycles. The molecule has 0 unspecified atom stereocenters. The molecule has 0 radical (unpaired) electrons. The van der Waals surface area contributed by atoms with Gasteiger partial charge in [-0.2, -0.15) is 0 Å². The van der Waals surface area contributed by atoms with Crippen molar-refractivity contribution in [1.29, 1.82) is 0 Å². The van der Waals surface area contributed by atoms with Gasteiger partial charge in [0, 0.05) is 38.6 Å². The second-order valence-corrected chi connectivity index (χ2v) is 7.04. The molecule has 0 aromatic heterocycles. The summed E-state index contributed by atoms with van der Waals surface area (Å²) >= 11 is 0. The van der Waals surface area contributed by atoms with Crippen molar-refractivity contribution in [3.8, 4) is 0 Å². The van der Waals surface area contributed by atoms with Crippen LogP contribution in [0.2, 0.25) is 0 Å². The number of piperidine rings is 1. The zero-order valence-corrected chi connectivity index (χ0v) is 14.4. The summed E-state index contributed by atoms with van der Waals surface area (Å²) in [5, 5.41) is 2.93. The predicted octanol–water partition coefficient (Wildman–Crippen LogP) is 1.81. The maximum Gasteiger partial charge on any atom is 0.236 e. The molecule has 2 saturated heterocycles. The molecule has 3 rings (SSSR count). The highest BCUT2D eigenvalue weighted by Crippen LogP contribution is 2.26. The number of nitrogens with zero attached hydrogens (tertiary/aromatic N) is 2. The first-order valence-electron chi connectivity index (χ1n) is 8.97. The number of carbonyl (C=O) groups is 2. The fourth-order valence-electron chi connectivity index (χ4n) is 3.75. The van der Waals surface area contributed by atoms with Crippen LogP contribution in [0.4, 0.5) is 0 Å². The van der Waals surface area contributed by atoms with Gasteiger partial charge in [-0.05, 0) is 24.3 Å². The van der Waals surface area contributed by atoms with Gasteiger partial charge in [-0.25, -0.2) is 0 Å². The lowest BCUT2D eigenvalue weighted by atomic mass is 9.99. The van der Waals surface area contributed by atoms with Crippen LogP contribution in [0.25, 0.3) is 0 Å². The predicted molar refractivity (Wildman–Crippen MR) is 93.4 cm³/mol. The van der Waals surface area contributed by atoms with Crippen LogP contribution in [-0.4, -0.2) is 54.3 Å². The van der Waals surface area contributed by atoms with E-state index >= 15 is 0 Å². The molecule has 24 heavy (non-hydrogen) atoms. The number of carbonyl (C=O) groups excluding carboxylic acids is 2. The third kappa shape index (κ3) is 4.15. The average Bonchev–Trinajstić information content (AvgIpc) is 2.77. The van der Waals surface area contributed by atoms with Crippen molar-refractivity contribution in [3.63, 3.8) is 0 Å². The molecule has 0 bridgehead atoms. The molecule has 0 saturated carbocycles. The first-order valence-corrected chi connectivity index (χ1v) is 8.97. The SMILES string of the molecule is C[C@H]1CCCN(C(=O)CN2CCNC(=O)C[C@H]2c2ccccc2)C1. The second kappa shape index (κ2) is 7.79. The van der Waals surface area contributed by atoms with E-state index in [0.29, 0.717) is 32.0 Å². The van der Waals surface area contributed by atoms with Crippen molar-refractivity contribution in [2.45, 2.75) is 32.2 Å². The van der Waals surface area contributed by atoms with Crippen molar-refractivity contribution in [1.82, 2.24) is 15.1 Å². The van der Waals surface area contributed by atoms with Crippen LogP contribution in [0.5, 0.6) is 0 Å². The van der Waals surface area contributed by atoms with Crippen molar-refractivity contribution in [3.05, 3.63) is 35.9 Å². The van der Waals surface area contributed by atoms with Crippen LogP contribution in [-0.2, 0) is 9.59 Å². The molecule has 2 atom stereocenters. The molecule has 2 aliphatic rings. The zero-order valence-electron chi connectivity index (χ0n) is 14.4. The Labute approximate surface area is 144 Å². The molecule has 5 heteroatoms. The molecule has 0 aliphatic carbocycles. The molecule has 1 aromatic rings. The highest BCUT2D eigenvalue weighted by atomic mass is 16.2. The van der Waals surface area contributed by atoms with Crippen molar-refractivity contribution in [2.75, 3.05) is 32.7 Å². The molecule has 2 heterocycles. The summed E-state index contributed by atoms with van der Waals surface area (Å²) in [5.74, 6) is 0.835. The Balaban J connectivity index is 1.73.